The number of hydrogen-bond donors (Lipinski definition) is 1. The van der Waals surface area contributed by atoms with Crippen molar-refractivity contribution in [2.75, 3.05) is 0 Å². The van der Waals surface area contributed by atoms with E-state index in [2.05, 4.69) is 28.6 Å². The smallest absolute Gasteiger partial charge is 0.205 e. The summed E-state index contributed by atoms with van der Waals surface area (Å²) in [6, 6.07) is 4.44. The van der Waals surface area contributed by atoms with E-state index in [0.29, 0.717) is 9.37 Å². The summed E-state index contributed by atoms with van der Waals surface area (Å²) in [6.07, 6.45) is -2.43. The summed E-state index contributed by atoms with van der Waals surface area (Å²) in [5, 5.41) is 0. The van der Waals surface area contributed by atoms with Crippen molar-refractivity contribution in [2.45, 2.75) is 11.3 Å². The second kappa shape index (κ2) is 3.54. The molecule has 0 spiro atoms. The molecule has 0 radical (unpaired) electrons. The highest BCUT2D eigenvalue weighted by molar-refractivity contribution is 9.10. The Bertz CT molecular complexity index is 263. The summed E-state index contributed by atoms with van der Waals surface area (Å²) in [7, 11) is 0. The van der Waals surface area contributed by atoms with Gasteiger partial charge in [0, 0.05) is 14.9 Å². The van der Waals surface area contributed by atoms with E-state index in [0.717, 1.165) is 0 Å². The number of alkyl halides is 2. The number of halogens is 3. The van der Waals surface area contributed by atoms with E-state index in [1.54, 1.807) is 6.07 Å². The average Bonchev–Trinajstić information content (AvgIpc) is 1.85. The van der Waals surface area contributed by atoms with Gasteiger partial charge in [-0.1, -0.05) is 22.0 Å². The number of benzene rings is 1. The van der Waals surface area contributed by atoms with E-state index in [1.807, 2.05) is 0 Å². The molecule has 0 N–H and O–H groups in total. The van der Waals surface area contributed by atoms with Gasteiger partial charge in [0.05, 0.1) is 0 Å². The van der Waals surface area contributed by atoms with Crippen LogP contribution >= 0.6 is 28.6 Å². The van der Waals surface area contributed by atoms with E-state index in [4.69, 9.17) is 0 Å². The third kappa shape index (κ3) is 2.17. The van der Waals surface area contributed by atoms with Crippen molar-refractivity contribution in [3.8, 4) is 0 Å². The maximum atomic E-state index is 12.1. The zero-order chi connectivity index (χ0) is 8.43. The lowest BCUT2D eigenvalue weighted by molar-refractivity contribution is 0.150. The lowest BCUT2D eigenvalue weighted by atomic mass is 10.2. The van der Waals surface area contributed by atoms with E-state index in [-0.39, 0.29) is 5.56 Å². The van der Waals surface area contributed by atoms with Gasteiger partial charge < -0.3 is 0 Å². The van der Waals surface area contributed by atoms with E-state index < -0.39 is 6.43 Å². The van der Waals surface area contributed by atoms with Crippen LogP contribution in [-0.2, 0) is 0 Å². The van der Waals surface area contributed by atoms with Gasteiger partial charge in [-0.05, 0) is 12.1 Å². The van der Waals surface area contributed by atoms with Gasteiger partial charge >= 0.3 is 0 Å². The van der Waals surface area contributed by atoms with E-state index in [9.17, 15) is 8.78 Å². The zero-order valence-corrected chi connectivity index (χ0v) is 7.87. The lowest BCUT2D eigenvalue weighted by Crippen LogP contribution is -1.84. The maximum absolute atomic E-state index is 12.1. The summed E-state index contributed by atoms with van der Waals surface area (Å²) < 4.78 is 24.6. The highest BCUT2D eigenvalue weighted by Crippen LogP contribution is 2.28. The normalized spacial score (nSPS) is 10.6. The molecule has 0 unspecified atom stereocenters. The van der Waals surface area contributed by atoms with Crippen molar-refractivity contribution in [2.24, 2.45) is 0 Å². The Morgan fingerprint density at radius 1 is 1.36 bits per heavy atom. The summed E-state index contributed by atoms with van der Waals surface area (Å²) >= 11 is 7.01. The average molecular weight is 239 g/mol. The lowest BCUT2D eigenvalue weighted by Gasteiger charge is -2.02. The molecule has 0 fully saturated rings. The quantitative estimate of drug-likeness (QED) is 0.710. The molecule has 0 aromatic heterocycles. The molecule has 0 aliphatic rings. The summed E-state index contributed by atoms with van der Waals surface area (Å²) in [5.41, 5.74) is 0.00259. The molecular formula is C7H5BrF2S. The first-order valence-electron chi connectivity index (χ1n) is 2.88. The first-order chi connectivity index (χ1) is 5.11. The Labute approximate surface area is 77.2 Å². The van der Waals surface area contributed by atoms with Gasteiger partial charge in [-0.2, -0.15) is 0 Å². The standard InChI is InChI=1S/C7H5BrF2S/c8-6-3-4(11)1-2-5(6)7(9)10/h1-3,7,11H. The minimum atomic E-state index is -2.43. The fourth-order valence-corrected chi connectivity index (χ4v) is 1.63. The van der Waals surface area contributed by atoms with Crippen molar-refractivity contribution >= 4 is 28.6 Å². The van der Waals surface area contributed by atoms with Crippen LogP contribution < -0.4 is 0 Å². The first kappa shape index (κ1) is 9.00. The van der Waals surface area contributed by atoms with E-state index in [1.165, 1.54) is 12.1 Å². The van der Waals surface area contributed by atoms with E-state index >= 15 is 0 Å². The first-order valence-corrected chi connectivity index (χ1v) is 4.12. The molecule has 1 rings (SSSR count). The fourth-order valence-electron chi connectivity index (χ4n) is 0.693. The molecule has 0 amide bonds. The molecule has 0 saturated carbocycles. The summed E-state index contributed by atoms with van der Waals surface area (Å²) in [5.74, 6) is 0. The maximum Gasteiger partial charge on any atom is 0.264 e. The molecule has 0 aliphatic carbocycles. The van der Waals surface area contributed by atoms with Gasteiger partial charge in [0.2, 0.25) is 0 Å². The van der Waals surface area contributed by atoms with Gasteiger partial charge in [-0.3, -0.25) is 0 Å². The van der Waals surface area contributed by atoms with Crippen LogP contribution in [0.25, 0.3) is 0 Å². The van der Waals surface area contributed by atoms with Crippen LogP contribution in [0.3, 0.4) is 0 Å². The minimum absolute atomic E-state index is 0.00259. The molecule has 0 atom stereocenters. The molecule has 60 valence electrons. The zero-order valence-electron chi connectivity index (χ0n) is 5.39. The van der Waals surface area contributed by atoms with Crippen LogP contribution in [0.15, 0.2) is 27.6 Å². The molecule has 1 aromatic carbocycles. The Morgan fingerprint density at radius 3 is 2.45 bits per heavy atom. The number of thiol groups is 1. The molecule has 0 nitrogen and oxygen atoms in total. The molecule has 0 aliphatic heterocycles. The van der Waals surface area contributed by atoms with Crippen LogP contribution in [0.5, 0.6) is 0 Å². The summed E-state index contributed by atoms with van der Waals surface area (Å²) in [6.45, 7) is 0. The molecule has 4 heteroatoms. The molecular weight excluding hydrogens is 234 g/mol. The van der Waals surface area contributed by atoms with Gasteiger partial charge in [0.25, 0.3) is 6.43 Å². The van der Waals surface area contributed by atoms with Crippen LogP contribution in [0.1, 0.15) is 12.0 Å². The Hall–Kier alpha value is -0.0900. The van der Waals surface area contributed by atoms with Crippen molar-refractivity contribution in [3.63, 3.8) is 0 Å². The van der Waals surface area contributed by atoms with Crippen molar-refractivity contribution in [1.29, 1.82) is 0 Å². The van der Waals surface area contributed by atoms with Crippen molar-refractivity contribution in [1.82, 2.24) is 0 Å². The van der Waals surface area contributed by atoms with Gasteiger partial charge in [-0.25, -0.2) is 8.78 Å². The topological polar surface area (TPSA) is 0 Å². The highest BCUT2D eigenvalue weighted by Gasteiger charge is 2.10. The monoisotopic (exact) mass is 238 g/mol. The van der Waals surface area contributed by atoms with Crippen LogP contribution in [0, 0.1) is 0 Å². The third-order valence-corrected chi connectivity index (χ3v) is 2.18. The van der Waals surface area contributed by atoms with Crippen molar-refractivity contribution in [3.05, 3.63) is 28.2 Å². The Balaban J connectivity index is 3.09. The van der Waals surface area contributed by atoms with Crippen LogP contribution in [-0.4, -0.2) is 0 Å². The minimum Gasteiger partial charge on any atom is -0.205 e. The highest BCUT2D eigenvalue weighted by atomic mass is 79.9. The van der Waals surface area contributed by atoms with Crippen molar-refractivity contribution < 1.29 is 8.78 Å². The van der Waals surface area contributed by atoms with Gasteiger partial charge in [-0.15, -0.1) is 12.6 Å². The number of hydrogen-bond acceptors (Lipinski definition) is 1. The van der Waals surface area contributed by atoms with Crippen LogP contribution in [0.4, 0.5) is 8.78 Å². The summed E-state index contributed by atoms with van der Waals surface area (Å²) in [4.78, 5) is 0.668. The molecule has 11 heavy (non-hydrogen) atoms. The molecule has 0 heterocycles. The Morgan fingerprint density at radius 2 is 2.00 bits per heavy atom. The Kier molecular flexibility index (Phi) is 2.90. The number of rotatable bonds is 1. The molecule has 0 bridgehead atoms. The largest absolute Gasteiger partial charge is 0.264 e. The third-order valence-electron chi connectivity index (χ3n) is 1.22. The van der Waals surface area contributed by atoms with Gasteiger partial charge in [0.15, 0.2) is 0 Å². The second-order valence-electron chi connectivity index (χ2n) is 2.01. The fraction of sp³-hybridized carbons (Fsp3) is 0.143. The van der Waals surface area contributed by atoms with Gasteiger partial charge in [0.1, 0.15) is 0 Å². The SMILES string of the molecule is FC(F)c1ccc(S)cc1Br. The predicted molar refractivity (Wildman–Crippen MR) is 46.4 cm³/mol. The molecule has 1 aromatic rings. The predicted octanol–water partition coefficient (Wildman–Crippen LogP) is 3.68. The van der Waals surface area contributed by atoms with Crippen LogP contribution in [0.2, 0.25) is 0 Å². The second-order valence-corrected chi connectivity index (χ2v) is 3.38. The molecule has 0 saturated heterocycles.